The molecule has 1 amide bonds. The molecule has 1 saturated heterocycles. The summed E-state index contributed by atoms with van der Waals surface area (Å²) in [6, 6.07) is 2.60. The van der Waals surface area contributed by atoms with E-state index in [2.05, 4.69) is 17.2 Å². The fourth-order valence-corrected chi connectivity index (χ4v) is 4.35. The molecule has 1 saturated carbocycles. The summed E-state index contributed by atoms with van der Waals surface area (Å²) in [6.45, 7) is 3.72. The summed E-state index contributed by atoms with van der Waals surface area (Å²) in [5.74, 6) is 0.817. The third kappa shape index (κ3) is 3.39. The Morgan fingerprint density at radius 1 is 1.38 bits per heavy atom. The Kier molecular flexibility index (Phi) is 4.41. The Balaban J connectivity index is 1.34. The number of aryl methyl sites for hydroxylation is 1. The van der Waals surface area contributed by atoms with Crippen LogP contribution in [0.1, 0.15) is 52.0 Å². The molecule has 2 fully saturated rings. The minimum atomic E-state index is 0.0801. The predicted octanol–water partition coefficient (Wildman–Crippen LogP) is 3.39. The normalized spacial score (nSPS) is 20.3. The number of hydrogen-bond donors (Lipinski definition) is 1. The quantitative estimate of drug-likeness (QED) is 0.902. The Morgan fingerprint density at radius 3 is 2.75 bits per heavy atom. The molecule has 6 heteroatoms. The highest BCUT2D eigenvalue weighted by molar-refractivity contribution is 7.11. The number of nitrogens with zero attached hydrogens (tertiary/aromatic N) is 2. The van der Waals surface area contributed by atoms with Crippen molar-refractivity contribution < 1.29 is 9.21 Å². The number of hydrogen-bond acceptors (Lipinski definition) is 5. The van der Waals surface area contributed by atoms with E-state index >= 15 is 0 Å². The average molecular weight is 345 g/mol. The number of carbonyl (C=O) groups excluding carboxylic acids is 1. The molecule has 1 aliphatic carbocycles. The number of amides is 1. The number of rotatable bonds is 5. The molecule has 1 atom stereocenters. The third-order valence-corrected chi connectivity index (χ3v) is 5.96. The molecular formula is C18H23N3O2S. The van der Waals surface area contributed by atoms with Gasteiger partial charge in [-0.1, -0.05) is 0 Å². The first-order valence-electron chi connectivity index (χ1n) is 8.70. The second kappa shape index (κ2) is 6.69. The Hall–Kier alpha value is -1.66. The molecule has 1 N–H and O–H groups in total. The topological polar surface area (TPSA) is 58.4 Å². The number of thiazole rings is 1. The lowest BCUT2D eigenvalue weighted by Gasteiger charge is -2.34. The lowest BCUT2D eigenvalue weighted by molar-refractivity contribution is 0.0699. The van der Waals surface area contributed by atoms with Gasteiger partial charge in [0.05, 0.1) is 17.9 Å². The Labute approximate surface area is 146 Å². The van der Waals surface area contributed by atoms with Crippen LogP contribution in [-0.2, 0) is 0 Å². The van der Waals surface area contributed by atoms with E-state index in [0.717, 1.165) is 31.8 Å². The van der Waals surface area contributed by atoms with Gasteiger partial charge in [-0.2, -0.15) is 0 Å². The molecule has 2 aromatic heterocycles. The predicted molar refractivity (Wildman–Crippen MR) is 93.1 cm³/mol. The molecule has 24 heavy (non-hydrogen) atoms. The van der Waals surface area contributed by atoms with Crippen LogP contribution >= 0.6 is 11.3 Å². The van der Waals surface area contributed by atoms with Crippen molar-refractivity contribution in [3.63, 3.8) is 0 Å². The fourth-order valence-electron chi connectivity index (χ4n) is 3.43. The molecule has 5 nitrogen and oxygen atoms in total. The van der Waals surface area contributed by atoms with Crippen molar-refractivity contribution in [3.8, 4) is 0 Å². The molecule has 4 rings (SSSR count). The molecule has 0 spiro atoms. The molecule has 2 aliphatic rings. The number of nitrogens with one attached hydrogen (secondary N) is 1. The molecule has 0 aromatic carbocycles. The van der Waals surface area contributed by atoms with Crippen molar-refractivity contribution in [3.05, 3.63) is 40.2 Å². The van der Waals surface area contributed by atoms with Crippen molar-refractivity contribution in [2.45, 2.75) is 44.7 Å². The van der Waals surface area contributed by atoms with E-state index in [-0.39, 0.29) is 5.91 Å². The molecule has 0 bridgehead atoms. The highest BCUT2D eigenvalue weighted by Gasteiger charge is 2.36. The van der Waals surface area contributed by atoms with Crippen LogP contribution in [0.25, 0.3) is 0 Å². The number of aromatic nitrogens is 1. The summed E-state index contributed by atoms with van der Waals surface area (Å²) in [7, 11) is 0. The van der Waals surface area contributed by atoms with E-state index in [4.69, 9.17) is 4.42 Å². The molecular weight excluding hydrogens is 322 g/mol. The van der Waals surface area contributed by atoms with Gasteiger partial charge in [0.2, 0.25) is 0 Å². The number of carbonyl (C=O) groups is 1. The van der Waals surface area contributed by atoms with E-state index < -0.39 is 0 Å². The second-order valence-corrected chi connectivity index (χ2v) is 8.14. The highest BCUT2D eigenvalue weighted by atomic mass is 32.1. The van der Waals surface area contributed by atoms with Crippen LogP contribution < -0.4 is 5.32 Å². The first-order valence-corrected chi connectivity index (χ1v) is 9.52. The third-order valence-electron chi connectivity index (χ3n) is 4.96. The average Bonchev–Trinajstić information content (AvgIpc) is 3.10. The summed E-state index contributed by atoms with van der Waals surface area (Å²) in [4.78, 5) is 20.2. The second-order valence-electron chi connectivity index (χ2n) is 6.87. The Bertz CT molecular complexity index is 685. The van der Waals surface area contributed by atoms with Crippen LogP contribution in [-0.4, -0.2) is 34.9 Å². The van der Waals surface area contributed by atoms with E-state index in [1.165, 1.54) is 29.0 Å². The molecule has 1 aliphatic heterocycles. The van der Waals surface area contributed by atoms with Gasteiger partial charge in [-0.15, -0.1) is 11.3 Å². The smallest absolute Gasteiger partial charge is 0.257 e. The van der Waals surface area contributed by atoms with E-state index in [0.29, 0.717) is 17.6 Å². The lowest BCUT2D eigenvalue weighted by atomic mass is 10.0. The van der Waals surface area contributed by atoms with Gasteiger partial charge in [0.15, 0.2) is 0 Å². The number of piperidine rings is 1. The van der Waals surface area contributed by atoms with Crippen LogP contribution in [0.15, 0.2) is 29.2 Å². The lowest BCUT2D eigenvalue weighted by Crippen LogP contribution is -2.46. The monoisotopic (exact) mass is 345 g/mol. The van der Waals surface area contributed by atoms with Gasteiger partial charge < -0.3 is 14.6 Å². The highest BCUT2D eigenvalue weighted by Crippen LogP contribution is 2.42. The van der Waals surface area contributed by atoms with Gasteiger partial charge in [0, 0.05) is 30.2 Å². The first kappa shape index (κ1) is 15.8. The van der Waals surface area contributed by atoms with Crippen LogP contribution in [0.2, 0.25) is 0 Å². The summed E-state index contributed by atoms with van der Waals surface area (Å²) in [6.07, 6.45) is 9.65. The van der Waals surface area contributed by atoms with Crippen LogP contribution in [0, 0.1) is 12.8 Å². The molecule has 0 radical (unpaired) electrons. The minimum absolute atomic E-state index is 0.0801. The van der Waals surface area contributed by atoms with Crippen molar-refractivity contribution in [1.29, 1.82) is 0 Å². The van der Waals surface area contributed by atoms with E-state index in [9.17, 15) is 4.79 Å². The summed E-state index contributed by atoms with van der Waals surface area (Å²) < 4.78 is 5.02. The van der Waals surface area contributed by atoms with Gasteiger partial charge in [-0.25, -0.2) is 4.98 Å². The van der Waals surface area contributed by atoms with Gasteiger partial charge in [0.1, 0.15) is 11.3 Å². The van der Waals surface area contributed by atoms with Crippen molar-refractivity contribution in [2.24, 2.45) is 5.92 Å². The zero-order chi connectivity index (χ0) is 16.5. The standard InChI is InChI=1S/C18H23N3O2S/c1-12-10-19-17(24-12)16(13-2-3-13)20-15-4-7-21(8-5-15)18(22)14-6-9-23-11-14/h6,9-11,13,15-16,20H,2-5,7-8H2,1H3/t16-/m0/s1. The zero-order valence-corrected chi connectivity index (χ0v) is 14.7. The SMILES string of the molecule is Cc1cnc([C@@H](NC2CCN(C(=O)c3ccoc3)CC2)C2CC2)s1. The minimum Gasteiger partial charge on any atom is -0.472 e. The Morgan fingerprint density at radius 2 is 2.17 bits per heavy atom. The molecule has 3 heterocycles. The molecule has 128 valence electrons. The van der Waals surface area contributed by atoms with Crippen molar-refractivity contribution in [2.75, 3.05) is 13.1 Å². The maximum atomic E-state index is 12.4. The first-order chi connectivity index (χ1) is 11.7. The van der Waals surface area contributed by atoms with Crippen LogP contribution in [0.5, 0.6) is 0 Å². The summed E-state index contributed by atoms with van der Waals surface area (Å²) >= 11 is 1.81. The summed E-state index contributed by atoms with van der Waals surface area (Å²) in [5.41, 5.74) is 0.649. The van der Waals surface area contributed by atoms with E-state index in [1.54, 1.807) is 12.3 Å². The van der Waals surface area contributed by atoms with Gasteiger partial charge in [-0.3, -0.25) is 4.79 Å². The maximum absolute atomic E-state index is 12.4. The van der Waals surface area contributed by atoms with Crippen molar-refractivity contribution in [1.82, 2.24) is 15.2 Å². The van der Waals surface area contributed by atoms with E-state index in [1.807, 2.05) is 22.4 Å². The number of likely N-dealkylation sites (tertiary alicyclic amines) is 1. The van der Waals surface area contributed by atoms with Gasteiger partial charge in [0.25, 0.3) is 5.91 Å². The fraction of sp³-hybridized carbons (Fsp3) is 0.556. The number of furan rings is 1. The largest absolute Gasteiger partial charge is 0.472 e. The van der Waals surface area contributed by atoms with Gasteiger partial charge >= 0.3 is 0 Å². The maximum Gasteiger partial charge on any atom is 0.257 e. The molecule has 2 aromatic rings. The zero-order valence-electron chi connectivity index (χ0n) is 13.9. The molecule has 0 unspecified atom stereocenters. The van der Waals surface area contributed by atoms with Crippen molar-refractivity contribution >= 4 is 17.2 Å². The summed E-state index contributed by atoms with van der Waals surface area (Å²) in [5, 5.41) is 5.06. The van der Waals surface area contributed by atoms with Crippen LogP contribution in [0.3, 0.4) is 0 Å². The van der Waals surface area contributed by atoms with Gasteiger partial charge in [-0.05, 0) is 44.6 Å². The van der Waals surface area contributed by atoms with Crippen LogP contribution in [0.4, 0.5) is 0 Å².